The Bertz CT molecular complexity index is 1150. The molecule has 34 heavy (non-hydrogen) atoms. The first-order chi connectivity index (χ1) is 16.5. The third kappa shape index (κ3) is 6.90. The van der Waals surface area contributed by atoms with Crippen molar-refractivity contribution in [2.75, 3.05) is 25.0 Å². The van der Waals surface area contributed by atoms with Gasteiger partial charge in [-0.25, -0.2) is 18.7 Å². The summed E-state index contributed by atoms with van der Waals surface area (Å²) in [5, 5.41) is 18.0. The molecule has 1 aromatic carbocycles. The third-order valence-corrected chi connectivity index (χ3v) is 4.46. The molecule has 0 amide bonds. The van der Waals surface area contributed by atoms with Crippen LogP contribution in [0.15, 0.2) is 53.4 Å². The van der Waals surface area contributed by atoms with E-state index in [9.17, 15) is 13.6 Å². The summed E-state index contributed by atoms with van der Waals surface area (Å²) in [5.41, 5.74) is 6.18. The lowest BCUT2D eigenvalue weighted by molar-refractivity contribution is -0.141. The Morgan fingerprint density at radius 2 is 2.06 bits per heavy atom. The zero-order valence-corrected chi connectivity index (χ0v) is 18.1. The van der Waals surface area contributed by atoms with E-state index >= 15 is 0 Å². The summed E-state index contributed by atoms with van der Waals surface area (Å²) in [5.74, 6) is -1.75. The van der Waals surface area contributed by atoms with Gasteiger partial charge < -0.3 is 25.6 Å². The lowest BCUT2D eigenvalue weighted by atomic mass is 10.2. The van der Waals surface area contributed by atoms with Gasteiger partial charge in [-0.1, -0.05) is 23.4 Å². The van der Waals surface area contributed by atoms with Crippen molar-refractivity contribution < 1.29 is 22.8 Å². The van der Waals surface area contributed by atoms with Crippen molar-refractivity contribution in [3.8, 4) is 0 Å². The van der Waals surface area contributed by atoms with Gasteiger partial charge in [0.2, 0.25) is 0 Å². The van der Waals surface area contributed by atoms with E-state index in [1.807, 2.05) is 0 Å². The molecule has 0 bridgehead atoms. The van der Waals surface area contributed by atoms with E-state index in [0.29, 0.717) is 23.4 Å². The normalized spacial score (nSPS) is 11.2. The van der Waals surface area contributed by atoms with E-state index in [2.05, 4.69) is 25.8 Å². The van der Waals surface area contributed by atoms with Gasteiger partial charge in [0.05, 0.1) is 25.0 Å². The first-order valence-electron chi connectivity index (χ1n) is 10.3. The van der Waals surface area contributed by atoms with Crippen LogP contribution in [0.2, 0.25) is 0 Å². The van der Waals surface area contributed by atoms with Gasteiger partial charge in [-0.3, -0.25) is 10.2 Å². The summed E-state index contributed by atoms with van der Waals surface area (Å²) in [4.78, 5) is 19.0. The molecule has 2 heterocycles. The molecule has 0 spiro atoms. The Labute approximate surface area is 193 Å². The number of nitrogens with two attached hydrogens (primary N) is 1. The zero-order chi connectivity index (χ0) is 24.3. The average molecular weight is 471 g/mol. The monoisotopic (exact) mass is 471 g/mol. The van der Waals surface area contributed by atoms with Crippen LogP contribution in [0.4, 0.5) is 14.6 Å². The second kappa shape index (κ2) is 12.2. The van der Waals surface area contributed by atoms with Crippen molar-refractivity contribution in [1.82, 2.24) is 20.4 Å². The van der Waals surface area contributed by atoms with Crippen molar-refractivity contribution >= 4 is 23.2 Å². The number of ether oxygens (including phenoxy) is 1. The number of rotatable bonds is 12. The summed E-state index contributed by atoms with van der Waals surface area (Å²) >= 11 is 0. The molecule has 0 unspecified atom stereocenters. The highest BCUT2D eigenvalue weighted by Gasteiger charge is 2.13. The molecule has 0 saturated heterocycles. The summed E-state index contributed by atoms with van der Waals surface area (Å²) in [6.07, 6.45) is 4.10. The smallest absolute Gasteiger partial charge is 0.319 e. The predicted molar refractivity (Wildman–Crippen MR) is 120 cm³/mol. The van der Waals surface area contributed by atoms with Gasteiger partial charge in [-0.05, 0) is 18.6 Å². The number of nitrogens with one attached hydrogen (secondary N) is 3. The number of benzene rings is 1. The lowest BCUT2D eigenvalue weighted by Crippen LogP contribution is -2.18. The molecule has 0 saturated carbocycles. The van der Waals surface area contributed by atoms with E-state index < -0.39 is 11.8 Å². The van der Waals surface area contributed by atoms with Gasteiger partial charge in [0.15, 0.2) is 17.5 Å². The Morgan fingerprint density at radius 1 is 1.24 bits per heavy atom. The maximum absolute atomic E-state index is 14.1. The number of aromatic nitrogens is 3. The van der Waals surface area contributed by atoms with Crippen LogP contribution in [0, 0.1) is 17.0 Å². The minimum absolute atomic E-state index is 0.0489. The number of allylic oxidation sites excluding steroid dienone is 1. The molecule has 0 aliphatic rings. The summed E-state index contributed by atoms with van der Waals surface area (Å²) in [6, 6.07) is 7.86. The molecule has 10 nitrogen and oxygen atoms in total. The topological polar surface area (TPSA) is 152 Å². The fraction of sp³-hybridized carbons (Fsp3) is 0.227. The second-order valence-corrected chi connectivity index (χ2v) is 6.90. The van der Waals surface area contributed by atoms with Crippen LogP contribution in [0.3, 0.4) is 0 Å². The molecule has 5 N–H and O–H groups in total. The minimum atomic E-state index is -0.700. The van der Waals surface area contributed by atoms with Gasteiger partial charge in [0.25, 0.3) is 0 Å². The Kier molecular flexibility index (Phi) is 8.74. The van der Waals surface area contributed by atoms with E-state index in [4.69, 9.17) is 20.4 Å². The SMILES string of the molecule is N=C(/C=C(\NCc1ccccc1F)c1ccon1)c1ncc(F)c(NCCCOC(=O)CN)n1. The maximum Gasteiger partial charge on any atom is 0.319 e. The first kappa shape index (κ1) is 24.5. The van der Waals surface area contributed by atoms with Crippen LogP contribution >= 0.6 is 0 Å². The largest absolute Gasteiger partial charge is 0.465 e. The highest BCUT2D eigenvalue weighted by molar-refractivity contribution is 6.07. The van der Waals surface area contributed by atoms with Crippen LogP contribution in [0.1, 0.15) is 23.5 Å². The molecule has 0 aliphatic heterocycles. The molecular weight excluding hydrogens is 448 g/mol. The van der Waals surface area contributed by atoms with Gasteiger partial charge in [0.1, 0.15) is 23.5 Å². The number of carbonyl (C=O) groups is 1. The van der Waals surface area contributed by atoms with Gasteiger partial charge in [-0.2, -0.15) is 0 Å². The zero-order valence-electron chi connectivity index (χ0n) is 18.1. The Morgan fingerprint density at radius 3 is 2.79 bits per heavy atom. The molecule has 0 aliphatic carbocycles. The number of nitrogens with zero attached hydrogens (tertiary/aromatic N) is 3. The lowest BCUT2D eigenvalue weighted by Gasteiger charge is -2.11. The van der Waals surface area contributed by atoms with E-state index in [1.165, 1.54) is 18.4 Å². The van der Waals surface area contributed by atoms with Crippen LogP contribution < -0.4 is 16.4 Å². The van der Waals surface area contributed by atoms with Crippen molar-refractivity contribution in [2.24, 2.45) is 5.73 Å². The second-order valence-electron chi connectivity index (χ2n) is 6.90. The van der Waals surface area contributed by atoms with Crippen LogP contribution in [0.25, 0.3) is 5.70 Å². The van der Waals surface area contributed by atoms with Crippen molar-refractivity contribution in [2.45, 2.75) is 13.0 Å². The summed E-state index contributed by atoms with van der Waals surface area (Å²) < 4.78 is 37.8. The standard InChI is InChI=1S/C22H23F2N7O3/c23-15-5-2-1-4-14(15)12-28-19(18-6-9-34-31-18)10-17(26)22-29-13-16(24)21(30-22)27-7-3-8-33-20(32)11-25/h1-2,4-6,9-10,13,26,28H,3,7-8,11-12,25H2,(H,27,29,30)/b19-10-,26-17?. The molecule has 178 valence electrons. The fourth-order valence-corrected chi connectivity index (χ4v) is 2.75. The van der Waals surface area contributed by atoms with E-state index in [1.54, 1.807) is 24.3 Å². The highest BCUT2D eigenvalue weighted by Crippen LogP contribution is 2.15. The minimum Gasteiger partial charge on any atom is -0.465 e. The number of anilines is 1. The quantitative estimate of drug-likeness (QED) is 0.177. The van der Waals surface area contributed by atoms with Crippen molar-refractivity contribution in [3.05, 3.63) is 77.6 Å². The molecule has 0 atom stereocenters. The fourth-order valence-electron chi connectivity index (χ4n) is 2.75. The number of hydrogen-bond acceptors (Lipinski definition) is 10. The highest BCUT2D eigenvalue weighted by atomic mass is 19.1. The number of esters is 1. The Balaban J connectivity index is 1.70. The molecule has 0 radical (unpaired) electrons. The van der Waals surface area contributed by atoms with Crippen LogP contribution in [-0.2, 0) is 16.1 Å². The average Bonchev–Trinajstić information content (AvgIpc) is 3.38. The van der Waals surface area contributed by atoms with Crippen molar-refractivity contribution in [1.29, 1.82) is 5.41 Å². The van der Waals surface area contributed by atoms with Crippen molar-refractivity contribution in [3.63, 3.8) is 0 Å². The van der Waals surface area contributed by atoms with E-state index in [-0.39, 0.29) is 49.4 Å². The van der Waals surface area contributed by atoms with Gasteiger partial charge in [-0.15, -0.1) is 0 Å². The number of hydrogen-bond donors (Lipinski definition) is 4. The first-order valence-corrected chi connectivity index (χ1v) is 10.3. The molecule has 0 fully saturated rings. The molecular formula is C22H23F2N7O3. The number of carbonyl (C=O) groups excluding carboxylic acids is 1. The van der Waals surface area contributed by atoms with Crippen LogP contribution in [-0.4, -0.2) is 46.5 Å². The molecule has 3 rings (SSSR count). The maximum atomic E-state index is 14.1. The van der Waals surface area contributed by atoms with Gasteiger partial charge >= 0.3 is 5.97 Å². The summed E-state index contributed by atoms with van der Waals surface area (Å²) in [7, 11) is 0. The van der Waals surface area contributed by atoms with Crippen LogP contribution in [0.5, 0.6) is 0 Å². The third-order valence-electron chi connectivity index (χ3n) is 4.46. The number of halogens is 2. The van der Waals surface area contributed by atoms with Gasteiger partial charge in [0, 0.05) is 24.7 Å². The van der Waals surface area contributed by atoms with E-state index in [0.717, 1.165) is 6.20 Å². The Hall–Kier alpha value is -4.19. The molecule has 2 aromatic heterocycles. The summed E-state index contributed by atoms with van der Waals surface area (Å²) in [6.45, 7) is 0.307. The predicted octanol–water partition coefficient (Wildman–Crippen LogP) is 2.25. The molecule has 12 heteroatoms. The molecule has 3 aromatic rings.